The van der Waals surface area contributed by atoms with Crippen LogP contribution in [0.25, 0.3) is 0 Å². The van der Waals surface area contributed by atoms with E-state index in [0.29, 0.717) is 11.0 Å². The lowest BCUT2D eigenvalue weighted by Gasteiger charge is -2.19. The summed E-state index contributed by atoms with van der Waals surface area (Å²) in [5, 5.41) is 3.59. The predicted octanol–water partition coefficient (Wildman–Crippen LogP) is 5.20. The van der Waals surface area contributed by atoms with Crippen LogP contribution in [0.5, 0.6) is 0 Å². The SMILES string of the molecule is CCCCCCC(C)Nc1cccc(SCC)c1C(N)=S. The maximum absolute atomic E-state index is 5.94. The molecule has 0 aliphatic heterocycles. The lowest BCUT2D eigenvalue weighted by molar-refractivity contribution is 0.594. The van der Waals surface area contributed by atoms with Gasteiger partial charge in [0.25, 0.3) is 0 Å². The Morgan fingerprint density at radius 3 is 2.67 bits per heavy atom. The van der Waals surface area contributed by atoms with Crippen molar-refractivity contribution in [1.29, 1.82) is 0 Å². The molecule has 1 aromatic rings. The molecule has 1 unspecified atom stereocenters. The molecule has 0 fully saturated rings. The van der Waals surface area contributed by atoms with Crippen LogP contribution in [0.4, 0.5) is 5.69 Å². The minimum Gasteiger partial charge on any atom is -0.389 e. The summed E-state index contributed by atoms with van der Waals surface area (Å²) in [4.78, 5) is 1.65. The molecule has 4 heteroatoms. The first-order valence-corrected chi connectivity index (χ1v) is 9.31. The standard InChI is InChI=1S/C17H28N2S2/c1-4-6-7-8-10-13(3)19-14-11-9-12-15(21-5-2)16(14)17(18)20/h9,11-13,19H,4-8,10H2,1-3H3,(H2,18,20). The quantitative estimate of drug-likeness (QED) is 0.352. The van der Waals surface area contributed by atoms with Gasteiger partial charge in [0.15, 0.2) is 0 Å². The lowest BCUT2D eigenvalue weighted by atomic mass is 10.1. The van der Waals surface area contributed by atoms with Gasteiger partial charge in [0, 0.05) is 22.2 Å². The Hall–Kier alpha value is -0.740. The smallest absolute Gasteiger partial charge is 0.107 e. The Balaban J connectivity index is 2.73. The van der Waals surface area contributed by atoms with Gasteiger partial charge < -0.3 is 11.1 Å². The lowest BCUT2D eigenvalue weighted by Crippen LogP contribution is -2.20. The highest BCUT2D eigenvalue weighted by Gasteiger charge is 2.12. The first-order chi connectivity index (χ1) is 10.1. The van der Waals surface area contributed by atoms with Crippen LogP contribution in [0.1, 0.15) is 58.4 Å². The summed E-state index contributed by atoms with van der Waals surface area (Å²) in [6.45, 7) is 6.62. The second kappa shape index (κ2) is 10.1. The van der Waals surface area contributed by atoms with Gasteiger partial charge in [-0.25, -0.2) is 0 Å². The zero-order valence-electron chi connectivity index (χ0n) is 13.4. The molecule has 0 aliphatic rings. The molecule has 2 nitrogen and oxygen atoms in total. The normalized spacial score (nSPS) is 12.1. The number of benzene rings is 1. The molecule has 118 valence electrons. The van der Waals surface area contributed by atoms with Gasteiger partial charge in [-0.05, 0) is 31.2 Å². The van der Waals surface area contributed by atoms with Gasteiger partial charge in [0.1, 0.15) is 4.99 Å². The number of thioether (sulfide) groups is 1. The van der Waals surface area contributed by atoms with E-state index < -0.39 is 0 Å². The van der Waals surface area contributed by atoms with E-state index in [1.54, 1.807) is 11.8 Å². The molecular weight excluding hydrogens is 296 g/mol. The second-order valence-electron chi connectivity index (χ2n) is 5.37. The molecule has 0 saturated heterocycles. The number of nitrogens with one attached hydrogen (secondary N) is 1. The molecule has 0 amide bonds. The van der Waals surface area contributed by atoms with Crippen molar-refractivity contribution in [2.24, 2.45) is 5.73 Å². The molecule has 0 bridgehead atoms. The van der Waals surface area contributed by atoms with E-state index in [2.05, 4.69) is 44.3 Å². The zero-order chi connectivity index (χ0) is 15.7. The van der Waals surface area contributed by atoms with Crippen molar-refractivity contribution in [2.45, 2.75) is 63.8 Å². The third-order valence-corrected chi connectivity index (χ3v) is 4.61. The summed E-state index contributed by atoms with van der Waals surface area (Å²) in [6.07, 6.45) is 6.38. The van der Waals surface area contributed by atoms with Crippen molar-refractivity contribution in [3.63, 3.8) is 0 Å². The van der Waals surface area contributed by atoms with E-state index in [4.69, 9.17) is 18.0 Å². The summed E-state index contributed by atoms with van der Waals surface area (Å²) >= 11 is 7.04. The fourth-order valence-electron chi connectivity index (χ4n) is 2.40. The number of thiocarbonyl (C=S) groups is 1. The fourth-order valence-corrected chi connectivity index (χ4v) is 3.53. The maximum Gasteiger partial charge on any atom is 0.107 e. The number of hydrogen-bond donors (Lipinski definition) is 2. The third-order valence-electron chi connectivity index (χ3n) is 3.47. The summed E-state index contributed by atoms with van der Waals surface area (Å²) in [6, 6.07) is 6.69. The van der Waals surface area contributed by atoms with Crippen molar-refractivity contribution < 1.29 is 0 Å². The number of anilines is 1. The largest absolute Gasteiger partial charge is 0.389 e. The molecule has 1 atom stereocenters. The Labute approximate surface area is 139 Å². The van der Waals surface area contributed by atoms with Crippen LogP contribution < -0.4 is 11.1 Å². The minimum absolute atomic E-state index is 0.442. The Morgan fingerprint density at radius 1 is 1.29 bits per heavy atom. The van der Waals surface area contributed by atoms with Crippen molar-refractivity contribution in [1.82, 2.24) is 0 Å². The average molecular weight is 325 g/mol. The Morgan fingerprint density at radius 2 is 2.05 bits per heavy atom. The van der Waals surface area contributed by atoms with E-state index in [0.717, 1.165) is 17.0 Å². The summed E-state index contributed by atoms with van der Waals surface area (Å²) < 4.78 is 0. The van der Waals surface area contributed by atoms with Crippen LogP contribution in [0, 0.1) is 0 Å². The number of rotatable bonds is 10. The molecular formula is C17H28N2S2. The van der Waals surface area contributed by atoms with Gasteiger partial charge in [-0.3, -0.25) is 0 Å². The van der Waals surface area contributed by atoms with E-state index in [-0.39, 0.29) is 0 Å². The van der Waals surface area contributed by atoms with E-state index in [9.17, 15) is 0 Å². The van der Waals surface area contributed by atoms with Gasteiger partial charge in [-0.1, -0.05) is 57.8 Å². The van der Waals surface area contributed by atoms with Gasteiger partial charge in [0.05, 0.1) is 0 Å². The van der Waals surface area contributed by atoms with Gasteiger partial charge in [0.2, 0.25) is 0 Å². The van der Waals surface area contributed by atoms with Gasteiger partial charge in [-0.2, -0.15) is 0 Å². The highest BCUT2D eigenvalue weighted by atomic mass is 32.2. The molecule has 0 aliphatic carbocycles. The molecule has 0 spiro atoms. The average Bonchev–Trinajstić information content (AvgIpc) is 2.44. The van der Waals surface area contributed by atoms with Crippen LogP contribution >= 0.6 is 24.0 Å². The van der Waals surface area contributed by atoms with Crippen molar-refractivity contribution in [2.75, 3.05) is 11.1 Å². The van der Waals surface area contributed by atoms with Crippen LogP contribution in [-0.2, 0) is 0 Å². The second-order valence-corrected chi connectivity index (χ2v) is 7.12. The van der Waals surface area contributed by atoms with Crippen LogP contribution in [-0.4, -0.2) is 16.8 Å². The number of unbranched alkanes of at least 4 members (excludes halogenated alkanes) is 3. The first-order valence-electron chi connectivity index (χ1n) is 7.92. The molecule has 1 aromatic carbocycles. The minimum atomic E-state index is 0.442. The molecule has 0 saturated carbocycles. The molecule has 0 radical (unpaired) electrons. The highest BCUT2D eigenvalue weighted by molar-refractivity contribution is 7.99. The topological polar surface area (TPSA) is 38.0 Å². The maximum atomic E-state index is 5.94. The third kappa shape index (κ3) is 6.27. The van der Waals surface area contributed by atoms with Crippen molar-refractivity contribution >= 4 is 34.7 Å². The van der Waals surface area contributed by atoms with E-state index in [1.807, 2.05) is 0 Å². The number of nitrogens with two attached hydrogens (primary N) is 1. The van der Waals surface area contributed by atoms with Crippen molar-refractivity contribution in [3.8, 4) is 0 Å². The predicted molar refractivity (Wildman–Crippen MR) is 101 cm³/mol. The van der Waals surface area contributed by atoms with Gasteiger partial charge in [-0.15, -0.1) is 11.8 Å². The van der Waals surface area contributed by atoms with Gasteiger partial charge >= 0.3 is 0 Å². The van der Waals surface area contributed by atoms with E-state index in [1.165, 1.54) is 37.0 Å². The van der Waals surface area contributed by atoms with Crippen LogP contribution in [0.15, 0.2) is 23.1 Å². The molecule has 21 heavy (non-hydrogen) atoms. The Bertz CT molecular complexity index is 446. The highest BCUT2D eigenvalue weighted by Crippen LogP contribution is 2.29. The van der Waals surface area contributed by atoms with Crippen LogP contribution in [0.2, 0.25) is 0 Å². The first kappa shape index (κ1) is 18.3. The Kier molecular flexibility index (Phi) is 8.77. The molecule has 1 rings (SSSR count). The summed E-state index contributed by atoms with van der Waals surface area (Å²) in [7, 11) is 0. The summed E-state index contributed by atoms with van der Waals surface area (Å²) in [5.41, 5.74) is 8.01. The van der Waals surface area contributed by atoms with Crippen LogP contribution in [0.3, 0.4) is 0 Å². The molecule has 0 heterocycles. The summed E-state index contributed by atoms with van der Waals surface area (Å²) in [5.74, 6) is 1.02. The molecule has 3 N–H and O–H groups in total. The zero-order valence-corrected chi connectivity index (χ0v) is 15.1. The fraction of sp³-hybridized carbons (Fsp3) is 0.588. The van der Waals surface area contributed by atoms with E-state index >= 15 is 0 Å². The monoisotopic (exact) mass is 324 g/mol. The van der Waals surface area contributed by atoms with Crippen molar-refractivity contribution in [3.05, 3.63) is 23.8 Å². The number of hydrogen-bond acceptors (Lipinski definition) is 3. The molecule has 0 aromatic heterocycles.